The number of aromatic nitrogens is 1. The third-order valence-electron chi connectivity index (χ3n) is 3.40. The second-order valence-electron chi connectivity index (χ2n) is 5.49. The Morgan fingerprint density at radius 3 is 2.86 bits per heavy atom. The van der Waals surface area contributed by atoms with Crippen LogP contribution in [-0.2, 0) is 6.54 Å². The third-order valence-corrected chi connectivity index (χ3v) is 4.86. The van der Waals surface area contributed by atoms with E-state index in [1.54, 1.807) is 0 Å². The number of fused-ring (bicyclic) bond motifs is 1. The van der Waals surface area contributed by atoms with Gasteiger partial charge < -0.3 is 14.8 Å². The Hall–Kier alpha value is -2.08. The Morgan fingerprint density at radius 1 is 1.36 bits per heavy atom. The van der Waals surface area contributed by atoms with Crippen LogP contribution in [0.25, 0.3) is 0 Å². The van der Waals surface area contributed by atoms with Gasteiger partial charge in [0.2, 0.25) is 6.79 Å². The van der Waals surface area contributed by atoms with Gasteiger partial charge in [0.1, 0.15) is 4.88 Å². The van der Waals surface area contributed by atoms with E-state index in [1.165, 1.54) is 11.3 Å². The van der Waals surface area contributed by atoms with Gasteiger partial charge in [0.05, 0.1) is 10.7 Å². The van der Waals surface area contributed by atoms with Crippen molar-refractivity contribution in [1.29, 1.82) is 0 Å². The van der Waals surface area contributed by atoms with E-state index in [0.29, 0.717) is 17.3 Å². The monoisotopic (exact) mass is 318 g/mol. The van der Waals surface area contributed by atoms with Crippen molar-refractivity contribution in [1.82, 2.24) is 10.3 Å². The number of ether oxygens (including phenoxy) is 2. The molecule has 1 aromatic heterocycles. The largest absolute Gasteiger partial charge is 0.454 e. The molecule has 0 saturated heterocycles. The molecule has 1 aliphatic heterocycles. The number of carbonyl (C=O) groups is 1. The SMILES string of the molecule is Cc1nc(C(C)C)sc1C(=O)NCc1ccc2c(c1)OCO2. The molecule has 3 rings (SSSR count). The summed E-state index contributed by atoms with van der Waals surface area (Å²) < 4.78 is 10.6. The zero-order valence-electron chi connectivity index (χ0n) is 12.8. The Balaban J connectivity index is 1.67. The summed E-state index contributed by atoms with van der Waals surface area (Å²) in [5.74, 6) is 1.72. The van der Waals surface area contributed by atoms with Crippen molar-refractivity contribution in [2.24, 2.45) is 0 Å². The Morgan fingerprint density at radius 2 is 2.14 bits per heavy atom. The standard InChI is InChI=1S/C16H18N2O3S/c1-9(2)16-18-10(3)14(22-16)15(19)17-7-11-4-5-12-13(6-11)21-8-20-12/h4-6,9H,7-8H2,1-3H3,(H,17,19). The first-order valence-corrected chi connectivity index (χ1v) is 8.00. The fourth-order valence-corrected chi connectivity index (χ4v) is 3.17. The molecule has 116 valence electrons. The molecule has 0 bridgehead atoms. The molecule has 1 N–H and O–H groups in total. The molecule has 0 atom stereocenters. The molecule has 1 amide bonds. The highest BCUT2D eigenvalue weighted by molar-refractivity contribution is 7.13. The molecule has 0 radical (unpaired) electrons. The Labute approximate surface area is 133 Å². The molecule has 1 aromatic carbocycles. The minimum absolute atomic E-state index is 0.0837. The lowest BCUT2D eigenvalue weighted by molar-refractivity contribution is 0.0954. The first-order chi connectivity index (χ1) is 10.5. The molecule has 0 spiro atoms. The lowest BCUT2D eigenvalue weighted by atomic mass is 10.2. The van der Waals surface area contributed by atoms with E-state index < -0.39 is 0 Å². The second-order valence-corrected chi connectivity index (χ2v) is 6.52. The van der Waals surface area contributed by atoms with E-state index in [2.05, 4.69) is 24.1 Å². The number of amides is 1. The number of carbonyl (C=O) groups excluding carboxylic acids is 1. The number of rotatable bonds is 4. The molecule has 0 aliphatic carbocycles. The van der Waals surface area contributed by atoms with Crippen LogP contribution in [0.5, 0.6) is 11.5 Å². The number of nitrogens with zero attached hydrogens (tertiary/aromatic N) is 1. The fourth-order valence-electron chi connectivity index (χ4n) is 2.19. The van der Waals surface area contributed by atoms with Crippen LogP contribution >= 0.6 is 11.3 Å². The summed E-state index contributed by atoms with van der Waals surface area (Å²) in [5.41, 5.74) is 1.76. The highest BCUT2D eigenvalue weighted by atomic mass is 32.1. The molecule has 0 saturated carbocycles. The Kier molecular flexibility index (Phi) is 4.02. The molecule has 6 heteroatoms. The van der Waals surface area contributed by atoms with E-state index in [1.807, 2.05) is 25.1 Å². The number of nitrogens with one attached hydrogen (secondary N) is 1. The van der Waals surface area contributed by atoms with Crippen LogP contribution in [-0.4, -0.2) is 17.7 Å². The number of benzene rings is 1. The van der Waals surface area contributed by atoms with E-state index in [9.17, 15) is 4.79 Å². The van der Waals surface area contributed by atoms with Crippen molar-refractivity contribution in [3.63, 3.8) is 0 Å². The predicted octanol–water partition coefficient (Wildman–Crippen LogP) is 3.23. The molecule has 5 nitrogen and oxygen atoms in total. The van der Waals surface area contributed by atoms with Gasteiger partial charge in [-0.05, 0) is 24.6 Å². The first kappa shape index (κ1) is 14.8. The Bertz CT molecular complexity index is 709. The van der Waals surface area contributed by atoms with Crippen molar-refractivity contribution < 1.29 is 14.3 Å². The van der Waals surface area contributed by atoms with Crippen LogP contribution in [0.2, 0.25) is 0 Å². The summed E-state index contributed by atoms with van der Waals surface area (Å²) >= 11 is 1.46. The maximum Gasteiger partial charge on any atom is 0.263 e. The van der Waals surface area contributed by atoms with Gasteiger partial charge in [0.25, 0.3) is 5.91 Å². The summed E-state index contributed by atoms with van der Waals surface area (Å²) in [6.45, 7) is 6.73. The van der Waals surface area contributed by atoms with Crippen LogP contribution in [0.4, 0.5) is 0 Å². The minimum atomic E-state index is -0.0837. The molecule has 2 heterocycles. The summed E-state index contributed by atoms with van der Waals surface area (Å²) in [5, 5.41) is 3.93. The summed E-state index contributed by atoms with van der Waals surface area (Å²) in [6, 6.07) is 5.67. The lowest BCUT2D eigenvalue weighted by Gasteiger charge is -2.05. The van der Waals surface area contributed by atoms with Gasteiger partial charge in [0.15, 0.2) is 11.5 Å². The van der Waals surface area contributed by atoms with Crippen LogP contribution in [0, 0.1) is 6.92 Å². The highest BCUT2D eigenvalue weighted by Gasteiger charge is 2.17. The van der Waals surface area contributed by atoms with Gasteiger partial charge in [-0.2, -0.15) is 0 Å². The zero-order valence-corrected chi connectivity index (χ0v) is 13.6. The van der Waals surface area contributed by atoms with Crippen LogP contribution in [0.3, 0.4) is 0 Å². The number of hydrogen-bond acceptors (Lipinski definition) is 5. The van der Waals surface area contributed by atoms with Gasteiger partial charge in [-0.1, -0.05) is 19.9 Å². The van der Waals surface area contributed by atoms with E-state index in [0.717, 1.165) is 27.8 Å². The smallest absolute Gasteiger partial charge is 0.263 e. The molecule has 2 aromatic rings. The zero-order chi connectivity index (χ0) is 15.7. The summed E-state index contributed by atoms with van der Waals surface area (Å²) in [6.07, 6.45) is 0. The summed E-state index contributed by atoms with van der Waals surface area (Å²) in [4.78, 5) is 17.5. The van der Waals surface area contributed by atoms with Crippen molar-refractivity contribution in [2.75, 3.05) is 6.79 Å². The molecule has 22 heavy (non-hydrogen) atoms. The number of aryl methyl sites for hydroxylation is 1. The molecule has 0 fully saturated rings. The lowest BCUT2D eigenvalue weighted by Crippen LogP contribution is -2.22. The maximum absolute atomic E-state index is 12.3. The van der Waals surface area contributed by atoms with Gasteiger partial charge in [-0.25, -0.2) is 4.98 Å². The number of thiazole rings is 1. The van der Waals surface area contributed by atoms with E-state index in [4.69, 9.17) is 9.47 Å². The van der Waals surface area contributed by atoms with Crippen molar-refractivity contribution >= 4 is 17.2 Å². The molecular weight excluding hydrogens is 300 g/mol. The predicted molar refractivity (Wildman–Crippen MR) is 84.7 cm³/mol. The topological polar surface area (TPSA) is 60.5 Å². The summed E-state index contributed by atoms with van der Waals surface area (Å²) in [7, 11) is 0. The van der Waals surface area contributed by atoms with Crippen molar-refractivity contribution in [3.05, 3.63) is 39.3 Å². The van der Waals surface area contributed by atoms with Crippen molar-refractivity contribution in [2.45, 2.75) is 33.2 Å². The average Bonchev–Trinajstić information content (AvgIpc) is 3.10. The van der Waals surface area contributed by atoms with Crippen molar-refractivity contribution in [3.8, 4) is 11.5 Å². The van der Waals surface area contributed by atoms with E-state index >= 15 is 0 Å². The minimum Gasteiger partial charge on any atom is -0.454 e. The van der Waals surface area contributed by atoms with Crippen LogP contribution < -0.4 is 14.8 Å². The van der Waals surface area contributed by atoms with Crippen LogP contribution in [0.15, 0.2) is 18.2 Å². The van der Waals surface area contributed by atoms with Gasteiger partial charge in [-0.3, -0.25) is 4.79 Å². The average molecular weight is 318 g/mol. The second kappa shape index (κ2) is 5.96. The van der Waals surface area contributed by atoms with Gasteiger partial charge in [0, 0.05) is 12.5 Å². The van der Waals surface area contributed by atoms with E-state index in [-0.39, 0.29) is 12.7 Å². The molecular formula is C16H18N2O3S. The quantitative estimate of drug-likeness (QED) is 0.940. The molecule has 0 unspecified atom stereocenters. The fraction of sp³-hybridized carbons (Fsp3) is 0.375. The van der Waals surface area contributed by atoms with Gasteiger partial charge in [-0.15, -0.1) is 11.3 Å². The first-order valence-electron chi connectivity index (χ1n) is 7.18. The normalized spacial score (nSPS) is 12.7. The number of hydrogen-bond donors (Lipinski definition) is 1. The maximum atomic E-state index is 12.3. The third kappa shape index (κ3) is 2.92. The molecule has 1 aliphatic rings. The van der Waals surface area contributed by atoms with Gasteiger partial charge >= 0.3 is 0 Å². The highest BCUT2D eigenvalue weighted by Crippen LogP contribution is 2.32. The van der Waals surface area contributed by atoms with Crippen LogP contribution in [0.1, 0.15) is 45.7 Å².